The maximum atomic E-state index is 14.6. The largest absolute Gasteiger partial charge is 0.459 e. The Morgan fingerprint density at radius 3 is 2.14 bits per heavy atom. The molecule has 2 aromatic rings. The second-order valence-corrected chi connectivity index (χ2v) is 6.06. The van der Waals surface area contributed by atoms with Gasteiger partial charge >= 0.3 is 17.9 Å². The van der Waals surface area contributed by atoms with Crippen molar-refractivity contribution in [3.8, 4) is 0 Å². The Bertz CT molecular complexity index is 920. The first kappa shape index (κ1) is 20.2. The van der Waals surface area contributed by atoms with Crippen LogP contribution in [0.4, 0.5) is 8.78 Å². The first-order chi connectivity index (χ1) is 13.9. The van der Waals surface area contributed by atoms with E-state index in [-0.39, 0.29) is 11.1 Å². The van der Waals surface area contributed by atoms with Crippen LogP contribution in [0.3, 0.4) is 0 Å². The SMILES string of the molecule is [N-]=[N+]=N[C@@H]1O[C@H](COC(=O)c2ccccc2)[C@@H](OC(=O)c2ccccc2)C1(F)F. The summed E-state index contributed by atoms with van der Waals surface area (Å²) in [4.78, 5) is 26.6. The molecule has 3 atom stereocenters. The molecule has 8 nitrogen and oxygen atoms in total. The molecule has 0 amide bonds. The second kappa shape index (κ2) is 8.68. The molecular formula is C19H15F2N3O5. The Morgan fingerprint density at radius 2 is 1.59 bits per heavy atom. The molecule has 0 N–H and O–H groups in total. The topological polar surface area (TPSA) is 111 Å². The lowest BCUT2D eigenvalue weighted by molar-refractivity contribution is -0.114. The molecular weight excluding hydrogens is 388 g/mol. The molecule has 1 saturated heterocycles. The van der Waals surface area contributed by atoms with Gasteiger partial charge in [0.1, 0.15) is 12.7 Å². The van der Waals surface area contributed by atoms with E-state index >= 15 is 0 Å². The van der Waals surface area contributed by atoms with Gasteiger partial charge in [0.25, 0.3) is 0 Å². The van der Waals surface area contributed by atoms with Gasteiger partial charge in [0.05, 0.1) is 11.1 Å². The average Bonchev–Trinajstić information content (AvgIpc) is 2.97. The molecule has 0 radical (unpaired) electrons. The number of azide groups is 1. The lowest BCUT2D eigenvalue weighted by atomic mass is 10.1. The van der Waals surface area contributed by atoms with Gasteiger partial charge in [0, 0.05) is 4.91 Å². The van der Waals surface area contributed by atoms with E-state index in [9.17, 15) is 18.4 Å². The van der Waals surface area contributed by atoms with Gasteiger partial charge in [-0.05, 0) is 29.8 Å². The quantitative estimate of drug-likeness (QED) is 0.316. The molecule has 0 aliphatic carbocycles. The summed E-state index contributed by atoms with van der Waals surface area (Å²) in [5.74, 6) is -5.60. The highest BCUT2D eigenvalue weighted by atomic mass is 19.3. The molecule has 0 bridgehead atoms. The number of esters is 2. The number of halogens is 2. The van der Waals surface area contributed by atoms with E-state index in [2.05, 4.69) is 10.0 Å². The summed E-state index contributed by atoms with van der Waals surface area (Å²) in [6.45, 7) is -0.631. The smallest absolute Gasteiger partial charge is 0.338 e. The molecule has 0 unspecified atom stereocenters. The first-order valence-electron chi connectivity index (χ1n) is 8.49. The van der Waals surface area contributed by atoms with Crippen LogP contribution in [0.25, 0.3) is 10.4 Å². The van der Waals surface area contributed by atoms with Crippen LogP contribution >= 0.6 is 0 Å². The number of hydrogen-bond acceptors (Lipinski definition) is 6. The Hall–Kier alpha value is -3.49. The fourth-order valence-electron chi connectivity index (χ4n) is 2.72. The molecule has 10 heteroatoms. The highest BCUT2D eigenvalue weighted by Gasteiger charge is 2.61. The zero-order valence-electron chi connectivity index (χ0n) is 14.9. The summed E-state index contributed by atoms with van der Waals surface area (Å²) < 4.78 is 44.3. The van der Waals surface area contributed by atoms with E-state index in [1.54, 1.807) is 36.4 Å². The Kier molecular flexibility index (Phi) is 6.06. The summed E-state index contributed by atoms with van der Waals surface area (Å²) in [7, 11) is 0. The zero-order chi connectivity index (χ0) is 20.9. The van der Waals surface area contributed by atoms with Gasteiger partial charge in [-0.3, -0.25) is 0 Å². The highest BCUT2D eigenvalue weighted by molar-refractivity contribution is 5.90. The van der Waals surface area contributed by atoms with Crippen molar-refractivity contribution in [3.05, 3.63) is 82.2 Å². The van der Waals surface area contributed by atoms with Gasteiger partial charge in [-0.25, -0.2) is 9.59 Å². The molecule has 3 rings (SSSR count). The van der Waals surface area contributed by atoms with E-state index in [0.29, 0.717) is 0 Å². The predicted octanol–water partition coefficient (Wildman–Crippen LogP) is 3.74. The molecule has 0 aromatic heterocycles. The number of nitrogens with zero attached hydrogens (tertiary/aromatic N) is 3. The van der Waals surface area contributed by atoms with Crippen LogP contribution in [-0.4, -0.2) is 42.9 Å². The van der Waals surface area contributed by atoms with Gasteiger partial charge in [0.15, 0.2) is 6.10 Å². The molecule has 1 heterocycles. The minimum Gasteiger partial charge on any atom is -0.459 e. The van der Waals surface area contributed by atoms with Crippen LogP contribution in [-0.2, 0) is 14.2 Å². The van der Waals surface area contributed by atoms with Crippen molar-refractivity contribution in [2.24, 2.45) is 5.11 Å². The normalized spacial score (nSPS) is 22.3. The lowest BCUT2D eigenvalue weighted by Crippen LogP contribution is -2.44. The second-order valence-electron chi connectivity index (χ2n) is 6.06. The maximum absolute atomic E-state index is 14.6. The fraction of sp³-hybridized carbons (Fsp3) is 0.263. The summed E-state index contributed by atoms with van der Waals surface area (Å²) in [6.07, 6.45) is -5.85. The average molecular weight is 403 g/mol. The van der Waals surface area contributed by atoms with Crippen molar-refractivity contribution in [2.45, 2.75) is 24.4 Å². The minimum absolute atomic E-state index is 0.0514. The molecule has 0 saturated carbocycles. The number of benzene rings is 2. The van der Waals surface area contributed by atoms with E-state index in [4.69, 9.17) is 19.7 Å². The molecule has 29 heavy (non-hydrogen) atoms. The number of carbonyl (C=O) groups is 2. The van der Waals surface area contributed by atoms with E-state index in [0.717, 1.165) is 0 Å². The van der Waals surface area contributed by atoms with Gasteiger partial charge in [-0.2, -0.15) is 8.78 Å². The van der Waals surface area contributed by atoms with Gasteiger partial charge < -0.3 is 14.2 Å². The third-order valence-electron chi connectivity index (χ3n) is 4.14. The molecule has 1 fully saturated rings. The number of alkyl halides is 2. The van der Waals surface area contributed by atoms with E-state index in [1.165, 1.54) is 24.3 Å². The van der Waals surface area contributed by atoms with Crippen molar-refractivity contribution in [3.63, 3.8) is 0 Å². The zero-order valence-corrected chi connectivity index (χ0v) is 14.9. The Balaban J connectivity index is 1.76. The van der Waals surface area contributed by atoms with Crippen molar-refractivity contribution >= 4 is 11.9 Å². The van der Waals surface area contributed by atoms with Gasteiger partial charge in [-0.1, -0.05) is 41.5 Å². The van der Waals surface area contributed by atoms with Crippen LogP contribution in [0.1, 0.15) is 20.7 Å². The summed E-state index contributed by atoms with van der Waals surface area (Å²) in [6, 6.07) is 15.4. The van der Waals surface area contributed by atoms with Crippen molar-refractivity contribution in [1.82, 2.24) is 0 Å². The maximum Gasteiger partial charge on any atom is 0.338 e. The fourth-order valence-corrected chi connectivity index (χ4v) is 2.72. The predicted molar refractivity (Wildman–Crippen MR) is 95.1 cm³/mol. The minimum atomic E-state index is -3.82. The van der Waals surface area contributed by atoms with Crippen molar-refractivity contribution in [1.29, 1.82) is 0 Å². The van der Waals surface area contributed by atoms with Gasteiger partial charge in [-0.15, -0.1) is 0 Å². The summed E-state index contributed by atoms with van der Waals surface area (Å²) in [5.41, 5.74) is 8.77. The Morgan fingerprint density at radius 1 is 1.03 bits per heavy atom. The third kappa shape index (κ3) is 4.50. The van der Waals surface area contributed by atoms with Crippen LogP contribution in [0.5, 0.6) is 0 Å². The molecule has 1 aliphatic rings. The number of hydrogen-bond donors (Lipinski definition) is 0. The molecule has 150 valence electrons. The van der Waals surface area contributed by atoms with Crippen LogP contribution < -0.4 is 0 Å². The summed E-state index contributed by atoms with van der Waals surface area (Å²) in [5, 5.41) is 2.92. The number of rotatable bonds is 6. The highest BCUT2D eigenvalue weighted by Crippen LogP contribution is 2.39. The van der Waals surface area contributed by atoms with Crippen molar-refractivity contribution < 1.29 is 32.6 Å². The monoisotopic (exact) mass is 403 g/mol. The molecule has 0 spiro atoms. The first-order valence-corrected chi connectivity index (χ1v) is 8.49. The molecule has 2 aromatic carbocycles. The van der Waals surface area contributed by atoms with Crippen molar-refractivity contribution in [2.75, 3.05) is 6.61 Å². The van der Waals surface area contributed by atoms with Crippen LogP contribution in [0, 0.1) is 0 Å². The Labute approximate surface area is 163 Å². The summed E-state index contributed by atoms with van der Waals surface area (Å²) >= 11 is 0. The van der Waals surface area contributed by atoms with E-state index in [1.807, 2.05) is 0 Å². The lowest BCUT2D eigenvalue weighted by Gasteiger charge is -2.23. The standard InChI is InChI=1S/C19H15F2N3O5/c20-19(21)15(29-17(26)13-9-5-2-6-10-13)14(28-18(19)23-24-22)11-27-16(25)12-7-3-1-4-8-12/h1-10,14-15,18H,11H2/t14-,15-,18-/m1/s1. The van der Waals surface area contributed by atoms with Gasteiger partial charge in [0.2, 0.25) is 6.23 Å². The van der Waals surface area contributed by atoms with Crippen LogP contribution in [0.2, 0.25) is 0 Å². The van der Waals surface area contributed by atoms with Crippen LogP contribution in [0.15, 0.2) is 65.8 Å². The van der Waals surface area contributed by atoms with E-state index < -0.39 is 42.9 Å². The third-order valence-corrected chi connectivity index (χ3v) is 4.14. The number of ether oxygens (including phenoxy) is 3. The number of carbonyl (C=O) groups excluding carboxylic acids is 2. The molecule has 1 aliphatic heterocycles.